The van der Waals surface area contributed by atoms with Crippen molar-refractivity contribution in [2.24, 2.45) is 0 Å². The van der Waals surface area contributed by atoms with Crippen LogP contribution >= 0.6 is 0 Å². The highest BCUT2D eigenvalue weighted by molar-refractivity contribution is 5.77. The second-order valence-electron chi connectivity index (χ2n) is 4.67. The number of carbonyl (C=O) groups excluding carboxylic acids is 1. The molecule has 0 radical (unpaired) electrons. The molecule has 0 heterocycles. The number of nitrogens with zero attached hydrogens (tertiary/aromatic N) is 1. The molecule has 0 spiro atoms. The van der Waals surface area contributed by atoms with Crippen molar-refractivity contribution in [2.45, 2.75) is 19.6 Å². The standard InChI is InChI=1S/C14H22N2O3/c1-11(17)9-16(2)10-14(18)15-8-12-5-4-6-13(7-12)19-3/h4-7,11,17H,8-10H2,1-3H3,(H,15,18). The van der Waals surface area contributed by atoms with Crippen molar-refractivity contribution in [3.8, 4) is 5.75 Å². The van der Waals surface area contributed by atoms with Gasteiger partial charge in [-0.05, 0) is 31.7 Å². The number of nitrogens with one attached hydrogen (secondary N) is 1. The van der Waals surface area contributed by atoms with E-state index < -0.39 is 6.10 Å². The van der Waals surface area contributed by atoms with Crippen molar-refractivity contribution in [2.75, 3.05) is 27.2 Å². The molecule has 0 bridgehead atoms. The highest BCUT2D eigenvalue weighted by Crippen LogP contribution is 2.11. The molecule has 0 fully saturated rings. The Morgan fingerprint density at radius 2 is 2.26 bits per heavy atom. The van der Waals surface area contributed by atoms with Crippen molar-refractivity contribution in [3.05, 3.63) is 29.8 Å². The molecule has 0 saturated heterocycles. The summed E-state index contributed by atoms with van der Waals surface area (Å²) in [5.74, 6) is 0.712. The third kappa shape index (κ3) is 6.22. The predicted octanol–water partition coefficient (Wildman–Crippen LogP) is 0.624. The van der Waals surface area contributed by atoms with Gasteiger partial charge in [0.25, 0.3) is 0 Å². The molecule has 5 nitrogen and oxygen atoms in total. The van der Waals surface area contributed by atoms with Crippen LogP contribution in [0.4, 0.5) is 0 Å². The highest BCUT2D eigenvalue weighted by atomic mass is 16.5. The lowest BCUT2D eigenvalue weighted by Gasteiger charge is -2.17. The normalized spacial score (nSPS) is 12.3. The summed E-state index contributed by atoms with van der Waals surface area (Å²) in [6.07, 6.45) is -0.434. The average molecular weight is 266 g/mol. The van der Waals surface area contributed by atoms with E-state index in [2.05, 4.69) is 5.32 Å². The summed E-state index contributed by atoms with van der Waals surface area (Å²) in [7, 11) is 3.42. The van der Waals surface area contributed by atoms with E-state index in [1.54, 1.807) is 26.0 Å². The van der Waals surface area contributed by atoms with Crippen LogP contribution in [0.15, 0.2) is 24.3 Å². The van der Waals surface area contributed by atoms with E-state index in [9.17, 15) is 9.90 Å². The van der Waals surface area contributed by atoms with Crippen LogP contribution in [-0.4, -0.2) is 49.3 Å². The van der Waals surface area contributed by atoms with Gasteiger partial charge in [0.05, 0.1) is 19.8 Å². The average Bonchev–Trinajstić information content (AvgIpc) is 2.35. The molecule has 2 N–H and O–H groups in total. The van der Waals surface area contributed by atoms with Crippen LogP contribution in [0.5, 0.6) is 5.75 Å². The molecule has 19 heavy (non-hydrogen) atoms. The molecule has 1 rings (SSSR count). The molecule has 1 aromatic carbocycles. The lowest BCUT2D eigenvalue weighted by Crippen LogP contribution is -2.37. The molecule has 5 heteroatoms. The molecular weight excluding hydrogens is 244 g/mol. The number of amides is 1. The minimum Gasteiger partial charge on any atom is -0.497 e. The maximum absolute atomic E-state index is 11.7. The van der Waals surface area contributed by atoms with Crippen molar-refractivity contribution in [1.29, 1.82) is 0 Å². The monoisotopic (exact) mass is 266 g/mol. The molecule has 1 aromatic rings. The molecule has 0 aromatic heterocycles. The van der Waals surface area contributed by atoms with E-state index in [0.717, 1.165) is 11.3 Å². The van der Waals surface area contributed by atoms with Gasteiger partial charge in [-0.2, -0.15) is 0 Å². The van der Waals surface area contributed by atoms with Crippen LogP contribution in [0.2, 0.25) is 0 Å². The zero-order chi connectivity index (χ0) is 14.3. The first kappa shape index (κ1) is 15.5. The number of aliphatic hydroxyl groups is 1. The molecule has 0 aliphatic heterocycles. The highest BCUT2D eigenvalue weighted by Gasteiger charge is 2.08. The van der Waals surface area contributed by atoms with Crippen LogP contribution in [-0.2, 0) is 11.3 Å². The van der Waals surface area contributed by atoms with Gasteiger partial charge in [0, 0.05) is 13.1 Å². The Kier molecular flexibility index (Phi) is 6.32. The van der Waals surface area contributed by atoms with Gasteiger partial charge in [-0.3, -0.25) is 9.69 Å². The number of benzene rings is 1. The Hall–Kier alpha value is -1.59. The van der Waals surface area contributed by atoms with Crippen LogP contribution in [0, 0.1) is 0 Å². The van der Waals surface area contributed by atoms with Gasteiger partial charge in [0.1, 0.15) is 5.75 Å². The van der Waals surface area contributed by atoms with Crippen LogP contribution in [0.1, 0.15) is 12.5 Å². The Balaban J connectivity index is 2.37. The van der Waals surface area contributed by atoms with Gasteiger partial charge >= 0.3 is 0 Å². The van der Waals surface area contributed by atoms with Gasteiger partial charge in [-0.25, -0.2) is 0 Å². The Morgan fingerprint density at radius 1 is 1.53 bits per heavy atom. The van der Waals surface area contributed by atoms with Gasteiger partial charge in [0.15, 0.2) is 0 Å². The lowest BCUT2D eigenvalue weighted by molar-refractivity contribution is -0.122. The Morgan fingerprint density at radius 3 is 2.89 bits per heavy atom. The fraction of sp³-hybridized carbons (Fsp3) is 0.500. The van der Waals surface area contributed by atoms with E-state index in [-0.39, 0.29) is 12.5 Å². The fourth-order valence-corrected chi connectivity index (χ4v) is 1.80. The SMILES string of the molecule is COc1cccc(CNC(=O)CN(C)CC(C)O)c1. The first-order valence-electron chi connectivity index (χ1n) is 6.27. The minimum absolute atomic E-state index is 0.0639. The summed E-state index contributed by atoms with van der Waals surface area (Å²) >= 11 is 0. The van der Waals surface area contributed by atoms with Gasteiger partial charge < -0.3 is 15.2 Å². The maximum atomic E-state index is 11.7. The zero-order valence-corrected chi connectivity index (χ0v) is 11.7. The second kappa shape index (κ2) is 7.76. The third-order valence-electron chi connectivity index (χ3n) is 2.61. The lowest BCUT2D eigenvalue weighted by atomic mass is 10.2. The number of likely N-dealkylation sites (N-methyl/N-ethyl adjacent to an activating group) is 1. The van der Waals surface area contributed by atoms with Crippen molar-refractivity contribution in [3.63, 3.8) is 0 Å². The first-order valence-corrected chi connectivity index (χ1v) is 6.27. The zero-order valence-electron chi connectivity index (χ0n) is 11.7. The number of aliphatic hydroxyl groups excluding tert-OH is 1. The van der Waals surface area contributed by atoms with Gasteiger partial charge in [-0.15, -0.1) is 0 Å². The van der Waals surface area contributed by atoms with Crippen molar-refractivity contribution in [1.82, 2.24) is 10.2 Å². The maximum Gasteiger partial charge on any atom is 0.234 e. The van der Waals surface area contributed by atoms with Crippen molar-refractivity contribution < 1.29 is 14.6 Å². The summed E-state index contributed by atoms with van der Waals surface area (Å²) in [5, 5.41) is 12.1. The first-order chi connectivity index (χ1) is 9.01. The van der Waals surface area contributed by atoms with Crippen LogP contribution < -0.4 is 10.1 Å². The summed E-state index contributed by atoms with van der Waals surface area (Å²) in [6.45, 7) is 2.92. The topological polar surface area (TPSA) is 61.8 Å². The molecule has 106 valence electrons. The summed E-state index contributed by atoms with van der Waals surface area (Å²) in [6, 6.07) is 7.57. The predicted molar refractivity (Wildman–Crippen MR) is 74.0 cm³/mol. The largest absolute Gasteiger partial charge is 0.497 e. The van der Waals surface area contributed by atoms with Crippen LogP contribution in [0.3, 0.4) is 0 Å². The number of hydrogen-bond donors (Lipinski definition) is 2. The summed E-state index contributed by atoms with van der Waals surface area (Å²) in [4.78, 5) is 13.5. The van der Waals surface area contributed by atoms with Crippen molar-refractivity contribution >= 4 is 5.91 Å². The third-order valence-corrected chi connectivity index (χ3v) is 2.61. The molecule has 0 aliphatic rings. The van der Waals surface area contributed by atoms with E-state index in [0.29, 0.717) is 13.1 Å². The van der Waals surface area contributed by atoms with E-state index in [1.807, 2.05) is 24.3 Å². The molecule has 0 aliphatic carbocycles. The molecule has 0 saturated carbocycles. The number of rotatable bonds is 7. The second-order valence-corrected chi connectivity index (χ2v) is 4.67. The molecule has 1 unspecified atom stereocenters. The van der Waals surface area contributed by atoms with E-state index >= 15 is 0 Å². The molecular formula is C14H22N2O3. The number of methoxy groups -OCH3 is 1. The molecule has 1 amide bonds. The summed E-state index contributed by atoms with van der Waals surface area (Å²) < 4.78 is 5.12. The number of carbonyl (C=O) groups is 1. The quantitative estimate of drug-likeness (QED) is 0.759. The minimum atomic E-state index is -0.434. The summed E-state index contributed by atoms with van der Waals surface area (Å²) in [5.41, 5.74) is 0.992. The molecule has 1 atom stereocenters. The smallest absolute Gasteiger partial charge is 0.234 e. The van der Waals surface area contributed by atoms with Gasteiger partial charge in [0.2, 0.25) is 5.91 Å². The van der Waals surface area contributed by atoms with E-state index in [1.165, 1.54) is 0 Å². The number of ether oxygens (including phenoxy) is 1. The number of hydrogen-bond acceptors (Lipinski definition) is 4. The Bertz CT molecular complexity index is 407. The fourth-order valence-electron chi connectivity index (χ4n) is 1.80. The van der Waals surface area contributed by atoms with E-state index in [4.69, 9.17) is 4.74 Å². The Labute approximate surface area is 114 Å². The van der Waals surface area contributed by atoms with Crippen LogP contribution in [0.25, 0.3) is 0 Å². The van der Waals surface area contributed by atoms with Gasteiger partial charge in [-0.1, -0.05) is 12.1 Å².